The van der Waals surface area contributed by atoms with Gasteiger partial charge in [0.2, 0.25) is 0 Å². The van der Waals surface area contributed by atoms with Crippen molar-refractivity contribution in [3.05, 3.63) is 29.8 Å². The van der Waals surface area contributed by atoms with Crippen LogP contribution in [-0.2, 0) is 0 Å². The Kier molecular flexibility index (Phi) is 6.29. The van der Waals surface area contributed by atoms with Gasteiger partial charge in [-0.15, -0.1) is 0 Å². The Labute approximate surface area is 184 Å². The number of thiocarbonyl (C=S) groups is 1. The van der Waals surface area contributed by atoms with Crippen molar-refractivity contribution in [1.29, 1.82) is 5.26 Å². The lowest BCUT2D eigenvalue weighted by atomic mass is 9.85. The van der Waals surface area contributed by atoms with E-state index in [4.69, 9.17) is 17.2 Å². The number of nitrogens with zero attached hydrogens (tertiary/aromatic N) is 4. The van der Waals surface area contributed by atoms with Crippen molar-refractivity contribution in [2.75, 3.05) is 29.5 Å². The summed E-state index contributed by atoms with van der Waals surface area (Å²) in [5.41, 5.74) is 1.55. The van der Waals surface area contributed by atoms with Crippen LogP contribution in [0.25, 0.3) is 0 Å². The van der Waals surface area contributed by atoms with Gasteiger partial charge in [0.25, 0.3) is 0 Å². The molecule has 2 aliphatic heterocycles. The number of hydrogen-bond donors (Lipinski definition) is 0. The molecule has 4 rings (SSSR count). The molecule has 2 saturated heterocycles. The molecule has 0 aromatic heterocycles. The summed E-state index contributed by atoms with van der Waals surface area (Å²) in [4.78, 5) is 11.1. The highest BCUT2D eigenvalue weighted by Gasteiger charge is 2.52. The average molecular weight is 427 g/mol. The Morgan fingerprint density at radius 1 is 1.10 bits per heavy atom. The van der Waals surface area contributed by atoms with Crippen LogP contribution in [0.1, 0.15) is 51.5 Å². The van der Waals surface area contributed by atoms with Crippen molar-refractivity contribution in [2.24, 2.45) is 10.4 Å². The van der Waals surface area contributed by atoms with E-state index in [2.05, 4.69) is 29.7 Å². The van der Waals surface area contributed by atoms with Crippen LogP contribution in [0.4, 0.5) is 5.69 Å². The van der Waals surface area contributed by atoms with Gasteiger partial charge in [-0.2, -0.15) is 17.0 Å². The monoisotopic (exact) mass is 426 g/mol. The lowest BCUT2D eigenvalue weighted by molar-refractivity contribution is 0.201. The summed E-state index contributed by atoms with van der Waals surface area (Å²) in [5.74, 6) is 3.48. The molecule has 1 atom stereocenters. The molecule has 4 nitrogen and oxygen atoms in total. The number of benzene rings is 1. The van der Waals surface area contributed by atoms with Crippen LogP contribution in [0.5, 0.6) is 0 Å². The average Bonchev–Trinajstić information content (AvgIpc) is 2.94. The number of rotatable bonds is 3. The Balaban J connectivity index is 1.77. The van der Waals surface area contributed by atoms with E-state index < -0.39 is 0 Å². The summed E-state index contributed by atoms with van der Waals surface area (Å²) < 4.78 is 0. The van der Waals surface area contributed by atoms with Crippen molar-refractivity contribution in [3.8, 4) is 6.07 Å². The lowest BCUT2D eigenvalue weighted by Crippen LogP contribution is -2.51. The molecule has 3 aliphatic rings. The zero-order valence-electron chi connectivity index (χ0n) is 17.4. The van der Waals surface area contributed by atoms with Crippen LogP contribution in [0.2, 0.25) is 0 Å². The Morgan fingerprint density at radius 2 is 1.76 bits per heavy atom. The van der Waals surface area contributed by atoms with Gasteiger partial charge in [0.15, 0.2) is 0 Å². The Bertz CT molecular complexity index is 812. The van der Waals surface area contributed by atoms with Gasteiger partial charge < -0.3 is 0 Å². The first-order chi connectivity index (χ1) is 14.0. The Morgan fingerprint density at radius 3 is 2.38 bits per heavy atom. The fraction of sp³-hybridized carbons (Fsp3) is 0.609. The fourth-order valence-corrected chi connectivity index (χ4v) is 6.11. The van der Waals surface area contributed by atoms with Crippen LogP contribution in [0.3, 0.4) is 0 Å². The number of aliphatic imine (C=N–C) groups is 1. The molecule has 0 unspecified atom stereocenters. The smallest absolute Gasteiger partial charge is 0.127 e. The zero-order valence-corrected chi connectivity index (χ0v) is 19.1. The number of hydrogen-bond acceptors (Lipinski definition) is 5. The van der Waals surface area contributed by atoms with Crippen molar-refractivity contribution in [1.82, 2.24) is 4.90 Å². The molecule has 0 amide bonds. The highest BCUT2D eigenvalue weighted by Crippen LogP contribution is 2.41. The second kappa shape index (κ2) is 8.75. The van der Waals surface area contributed by atoms with E-state index in [9.17, 15) is 5.26 Å². The molecule has 1 aliphatic carbocycles. The van der Waals surface area contributed by atoms with E-state index in [1.165, 1.54) is 43.6 Å². The molecular formula is C23H30N4S2. The quantitative estimate of drug-likeness (QED) is 0.645. The maximum Gasteiger partial charge on any atom is 0.127 e. The van der Waals surface area contributed by atoms with Gasteiger partial charge in [-0.05, 0) is 37.1 Å². The van der Waals surface area contributed by atoms with Gasteiger partial charge in [0, 0.05) is 35.7 Å². The van der Waals surface area contributed by atoms with Crippen molar-refractivity contribution < 1.29 is 0 Å². The first-order valence-electron chi connectivity index (χ1n) is 10.8. The van der Waals surface area contributed by atoms with Gasteiger partial charge in [-0.25, -0.2) is 0 Å². The standard InChI is InChI=1S/C23H30N4S2/c1-23(2)20(26-12-14-29-15-13-26)21(25-18-6-4-3-5-7-18)27(22(23)28)19-10-8-17(16-24)9-11-19/h8-11,18,20H,3-7,12-15H2,1-2H3/t20-/m1/s1. The van der Waals surface area contributed by atoms with Gasteiger partial charge in [0.05, 0.1) is 28.7 Å². The van der Waals surface area contributed by atoms with E-state index in [0.29, 0.717) is 11.6 Å². The van der Waals surface area contributed by atoms with Crippen LogP contribution in [0.15, 0.2) is 29.3 Å². The van der Waals surface area contributed by atoms with Gasteiger partial charge in [-0.3, -0.25) is 14.8 Å². The summed E-state index contributed by atoms with van der Waals surface area (Å²) in [6, 6.07) is 10.6. The molecular weight excluding hydrogens is 396 g/mol. The van der Waals surface area contributed by atoms with Crippen molar-refractivity contribution >= 4 is 40.5 Å². The summed E-state index contributed by atoms with van der Waals surface area (Å²) in [5, 5.41) is 9.19. The minimum Gasteiger partial charge on any atom is -0.291 e. The third-order valence-electron chi connectivity index (χ3n) is 6.47. The summed E-state index contributed by atoms with van der Waals surface area (Å²) >= 11 is 8.10. The molecule has 1 saturated carbocycles. The third-order valence-corrected chi connectivity index (χ3v) is 8.12. The molecule has 1 aromatic rings. The third kappa shape index (κ3) is 4.10. The molecule has 29 heavy (non-hydrogen) atoms. The normalized spacial score (nSPS) is 27.3. The van der Waals surface area contributed by atoms with E-state index in [1.54, 1.807) is 0 Å². The first kappa shape index (κ1) is 20.8. The van der Waals surface area contributed by atoms with E-state index in [1.807, 2.05) is 36.0 Å². The molecule has 0 bridgehead atoms. The fourth-order valence-electron chi connectivity index (χ4n) is 4.87. The summed E-state index contributed by atoms with van der Waals surface area (Å²) in [7, 11) is 0. The first-order valence-corrected chi connectivity index (χ1v) is 12.3. The van der Waals surface area contributed by atoms with Crippen LogP contribution < -0.4 is 4.90 Å². The molecule has 3 fully saturated rings. The molecule has 2 heterocycles. The lowest BCUT2D eigenvalue weighted by Gasteiger charge is -2.38. The van der Waals surface area contributed by atoms with E-state index in [-0.39, 0.29) is 11.5 Å². The molecule has 0 radical (unpaired) electrons. The molecule has 6 heteroatoms. The molecule has 154 valence electrons. The topological polar surface area (TPSA) is 42.6 Å². The van der Waals surface area contributed by atoms with E-state index in [0.717, 1.165) is 29.6 Å². The van der Waals surface area contributed by atoms with Gasteiger partial charge >= 0.3 is 0 Å². The molecule has 0 spiro atoms. The maximum absolute atomic E-state index is 9.19. The minimum atomic E-state index is -0.154. The summed E-state index contributed by atoms with van der Waals surface area (Å²) in [6.07, 6.45) is 6.24. The molecule has 0 N–H and O–H groups in total. The SMILES string of the molecule is CC1(C)C(=S)N(c2ccc(C#N)cc2)C(=NC2CCCCC2)[C@H]1N1CCSCC1. The van der Waals surface area contributed by atoms with Crippen molar-refractivity contribution in [2.45, 2.75) is 58.0 Å². The zero-order chi connectivity index (χ0) is 20.4. The largest absolute Gasteiger partial charge is 0.291 e. The molecule has 1 aromatic carbocycles. The van der Waals surface area contributed by atoms with Gasteiger partial charge in [0.1, 0.15) is 5.84 Å². The Hall–Kier alpha value is -1.42. The number of amidine groups is 1. The predicted octanol–water partition coefficient (Wildman–Crippen LogP) is 4.88. The number of anilines is 1. The van der Waals surface area contributed by atoms with Crippen molar-refractivity contribution in [3.63, 3.8) is 0 Å². The highest BCUT2D eigenvalue weighted by atomic mass is 32.2. The van der Waals surface area contributed by atoms with E-state index >= 15 is 0 Å². The minimum absolute atomic E-state index is 0.154. The van der Waals surface area contributed by atoms with Gasteiger partial charge in [-0.1, -0.05) is 45.3 Å². The maximum atomic E-state index is 9.19. The second-order valence-corrected chi connectivity index (χ2v) is 10.5. The highest BCUT2D eigenvalue weighted by molar-refractivity contribution is 7.99. The number of nitriles is 1. The predicted molar refractivity (Wildman–Crippen MR) is 127 cm³/mol. The second-order valence-electron chi connectivity index (χ2n) is 8.85. The van der Waals surface area contributed by atoms with Crippen LogP contribution in [-0.4, -0.2) is 52.4 Å². The number of thioether (sulfide) groups is 1. The van der Waals surface area contributed by atoms with Crippen LogP contribution >= 0.6 is 24.0 Å². The van der Waals surface area contributed by atoms with Crippen LogP contribution in [0, 0.1) is 16.7 Å². The summed E-state index contributed by atoms with van der Waals surface area (Å²) in [6.45, 7) is 6.74.